The number of ether oxygens (including phenoxy) is 1. The second-order valence-electron chi connectivity index (χ2n) is 4.80. The maximum absolute atomic E-state index is 11.6. The van der Waals surface area contributed by atoms with Gasteiger partial charge in [0.2, 0.25) is 5.91 Å². The third kappa shape index (κ3) is 5.64. The number of H-pyrrole nitrogens is 1. The molecule has 1 amide bonds. The lowest BCUT2D eigenvalue weighted by molar-refractivity contribution is -0.121. The minimum absolute atomic E-state index is 0.000295. The number of aryl methyl sites for hydroxylation is 2. The van der Waals surface area contributed by atoms with E-state index in [9.17, 15) is 4.79 Å². The third-order valence-electron chi connectivity index (χ3n) is 3.00. The highest BCUT2D eigenvalue weighted by Crippen LogP contribution is 2.11. The van der Waals surface area contributed by atoms with Gasteiger partial charge in [0.1, 0.15) is 17.9 Å². The Bertz CT molecular complexity index is 537. The van der Waals surface area contributed by atoms with Crippen molar-refractivity contribution in [1.82, 2.24) is 20.5 Å². The summed E-state index contributed by atoms with van der Waals surface area (Å²) >= 11 is 0. The van der Waals surface area contributed by atoms with E-state index in [1.807, 2.05) is 31.2 Å². The summed E-state index contributed by atoms with van der Waals surface area (Å²) < 4.78 is 5.51. The van der Waals surface area contributed by atoms with Crippen LogP contribution >= 0.6 is 0 Å². The van der Waals surface area contributed by atoms with Crippen molar-refractivity contribution in [3.63, 3.8) is 0 Å². The van der Waals surface area contributed by atoms with Crippen LogP contribution in [0.1, 0.15) is 24.2 Å². The molecule has 0 aliphatic carbocycles. The molecule has 0 radical (unpaired) electrons. The molecule has 0 aliphatic rings. The number of carbonyl (C=O) groups is 1. The third-order valence-corrected chi connectivity index (χ3v) is 3.00. The number of nitrogens with one attached hydrogen (secondary N) is 2. The monoisotopic (exact) mass is 288 g/mol. The summed E-state index contributed by atoms with van der Waals surface area (Å²) in [6.07, 6.45) is 3.45. The van der Waals surface area contributed by atoms with Gasteiger partial charge in [0.25, 0.3) is 0 Å². The largest absolute Gasteiger partial charge is 0.493 e. The zero-order valence-electron chi connectivity index (χ0n) is 12.1. The van der Waals surface area contributed by atoms with E-state index < -0.39 is 0 Å². The van der Waals surface area contributed by atoms with Crippen molar-refractivity contribution < 1.29 is 9.53 Å². The summed E-state index contributed by atoms with van der Waals surface area (Å²) in [5.41, 5.74) is 1.19. The summed E-state index contributed by atoms with van der Waals surface area (Å²) in [6.45, 7) is 3.04. The minimum atomic E-state index is -0.000295. The van der Waals surface area contributed by atoms with Gasteiger partial charge in [-0.1, -0.05) is 17.7 Å². The highest BCUT2D eigenvalue weighted by molar-refractivity contribution is 5.75. The lowest BCUT2D eigenvalue weighted by atomic mass is 10.2. The average molecular weight is 288 g/mol. The van der Waals surface area contributed by atoms with Crippen LogP contribution in [0.25, 0.3) is 0 Å². The zero-order chi connectivity index (χ0) is 14.9. The molecule has 0 bridgehead atoms. The normalized spacial score (nSPS) is 10.3. The molecule has 0 saturated heterocycles. The quantitative estimate of drug-likeness (QED) is 0.724. The van der Waals surface area contributed by atoms with E-state index >= 15 is 0 Å². The number of hydrogen-bond donors (Lipinski definition) is 2. The van der Waals surface area contributed by atoms with Gasteiger partial charge in [-0.15, -0.1) is 0 Å². The Morgan fingerprint density at radius 1 is 1.33 bits per heavy atom. The Hall–Kier alpha value is -2.37. The first-order valence-electron chi connectivity index (χ1n) is 7.04. The molecule has 0 spiro atoms. The predicted molar refractivity (Wildman–Crippen MR) is 79.0 cm³/mol. The van der Waals surface area contributed by atoms with Gasteiger partial charge in [-0.25, -0.2) is 4.98 Å². The van der Waals surface area contributed by atoms with E-state index in [4.69, 9.17) is 4.74 Å². The first-order chi connectivity index (χ1) is 10.2. The molecule has 1 aromatic heterocycles. The predicted octanol–water partition coefficient (Wildman–Crippen LogP) is 1.63. The molecule has 6 heteroatoms. The van der Waals surface area contributed by atoms with Gasteiger partial charge in [-0.05, 0) is 25.5 Å². The number of amides is 1. The van der Waals surface area contributed by atoms with Crippen molar-refractivity contribution in [1.29, 1.82) is 0 Å². The van der Waals surface area contributed by atoms with Gasteiger partial charge in [0.15, 0.2) is 0 Å². The van der Waals surface area contributed by atoms with Gasteiger partial charge < -0.3 is 10.1 Å². The zero-order valence-corrected chi connectivity index (χ0v) is 12.1. The van der Waals surface area contributed by atoms with Crippen molar-refractivity contribution in [3.05, 3.63) is 42.0 Å². The average Bonchev–Trinajstić information content (AvgIpc) is 2.99. The Morgan fingerprint density at radius 3 is 2.86 bits per heavy atom. The lowest BCUT2D eigenvalue weighted by Crippen LogP contribution is -2.26. The fourth-order valence-electron chi connectivity index (χ4n) is 1.82. The van der Waals surface area contributed by atoms with Gasteiger partial charge in [-0.2, -0.15) is 5.10 Å². The summed E-state index contributed by atoms with van der Waals surface area (Å²) in [4.78, 5) is 15.6. The molecular weight excluding hydrogens is 268 g/mol. The van der Waals surface area contributed by atoms with Gasteiger partial charge in [0.05, 0.1) is 13.0 Å². The number of rotatable bonds is 8. The second-order valence-corrected chi connectivity index (χ2v) is 4.80. The molecule has 0 fully saturated rings. The molecule has 0 saturated carbocycles. The number of carbonyl (C=O) groups excluding carboxylic acids is 1. The van der Waals surface area contributed by atoms with Crippen LogP contribution in [0.3, 0.4) is 0 Å². The highest BCUT2D eigenvalue weighted by Gasteiger charge is 2.02. The van der Waals surface area contributed by atoms with Crippen LogP contribution < -0.4 is 10.1 Å². The van der Waals surface area contributed by atoms with Crippen molar-refractivity contribution in [2.75, 3.05) is 13.2 Å². The SMILES string of the molecule is Cc1ccc(OCCC(=O)NCCCc2ncn[nH]2)cc1. The molecule has 21 heavy (non-hydrogen) atoms. The second kappa shape index (κ2) is 8.04. The molecule has 1 aromatic carbocycles. The highest BCUT2D eigenvalue weighted by atomic mass is 16.5. The minimum Gasteiger partial charge on any atom is -0.493 e. The molecule has 2 N–H and O–H groups in total. The van der Waals surface area contributed by atoms with Crippen LogP contribution in [0, 0.1) is 6.92 Å². The fourth-order valence-corrected chi connectivity index (χ4v) is 1.82. The summed E-state index contributed by atoms with van der Waals surface area (Å²) in [6, 6.07) is 7.78. The van der Waals surface area contributed by atoms with E-state index in [2.05, 4.69) is 20.5 Å². The van der Waals surface area contributed by atoms with Crippen molar-refractivity contribution in [2.45, 2.75) is 26.2 Å². The van der Waals surface area contributed by atoms with Crippen LogP contribution in [0.2, 0.25) is 0 Å². The van der Waals surface area contributed by atoms with Crippen molar-refractivity contribution >= 4 is 5.91 Å². The number of nitrogens with zero attached hydrogens (tertiary/aromatic N) is 2. The van der Waals surface area contributed by atoms with E-state index in [0.717, 1.165) is 24.4 Å². The van der Waals surface area contributed by atoms with E-state index in [0.29, 0.717) is 19.6 Å². The maximum Gasteiger partial charge on any atom is 0.223 e. The Kier molecular flexibility index (Phi) is 5.75. The molecule has 1 heterocycles. The molecule has 6 nitrogen and oxygen atoms in total. The summed E-state index contributed by atoms with van der Waals surface area (Å²) in [5, 5.41) is 9.42. The van der Waals surface area contributed by atoms with Crippen LogP contribution in [0.4, 0.5) is 0 Å². The van der Waals surface area contributed by atoms with Crippen LogP contribution in [-0.4, -0.2) is 34.2 Å². The number of hydrogen-bond acceptors (Lipinski definition) is 4. The first-order valence-corrected chi connectivity index (χ1v) is 7.04. The maximum atomic E-state index is 11.6. The van der Waals surface area contributed by atoms with Crippen molar-refractivity contribution in [2.24, 2.45) is 0 Å². The number of aromatic amines is 1. The lowest BCUT2D eigenvalue weighted by Gasteiger charge is -2.07. The molecule has 0 aliphatic heterocycles. The standard InChI is InChI=1S/C15H20N4O2/c1-12-4-6-13(7-5-12)21-10-8-15(20)16-9-2-3-14-17-11-18-19-14/h4-7,11H,2-3,8-10H2,1H3,(H,16,20)(H,17,18,19). The Morgan fingerprint density at radius 2 is 2.14 bits per heavy atom. The number of aromatic nitrogens is 3. The molecule has 2 aromatic rings. The fraction of sp³-hybridized carbons (Fsp3) is 0.400. The van der Waals surface area contributed by atoms with Crippen LogP contribution in [-0.2, 0) is 11.2 Å². The van der Waals surface area contributed by atoms with E-state index in [-0.39, 0.29) is 5.91 Å². The Labute approximate surface area is 123 Å². The topological polar surface area (TPSA) is 79.9 Å². The van der Waals surface area contributed by atoms with E-state index in [1.54, 1.807) is 0 Å². The molecular formula is C15H20N4O2. The molecule has 0 unspecified atom stereocenters. The Balaban J connectivity index is 1.54. The van der Waals surface area contributed by atoms with Crippen molar-refractivity contribution in [3.8, 4) is 5.75 Å². The van der Waals surface area contributed by atoms with E-state index in [1.165, 1.54) is 11.9 Å². The summed E-state index contributed by atoms with van der Waals surface area (Å²) in [7, 11) is 0. The first kappa shape index (κ1) is 15.0. The van der Waals surface area contributed by atoms with Gasteiger partial charge in [-0.3, -0.25) is 9.89 Å². The molecule has 2 rings (SSSR count). The van der Waals surface area contributed by atoms with Crippen LogP contribution in [0.5, 0.6) is 5.75 Å². The molecule has 0 atom stereocenters. The van der Waals surface area contributed by atoms with Gasteiger partial charge in [0, 0.05) is 13.0 Å². The molecule has 112 valence electrons. The van der Waals surface area contributed by atoms with Crippen LogP contribution in [0.15, 0.2) is 30.6 Å². The number of benzene rings is 1. The smallest absolute Gasteiger partial charge is 0.223 e. The van der Waals surface area contributed by atoms with Gasteiger partial charge >= 0.3 is 0 Å². The summed E-state index contributed by atoms with van der Waals surface area (Å²) in [5.74, 6) is 1.63.